The lowest BCUT2D eigenvalue weighted by Gasteiger charge is -1.93. The van der Waals surface area contributed by atoms with Crippen LogP contribution in [0.5, 0.6) is 0 Å². The molecule has 0 aromatic carbocycles. The van der Waals surface area contributed by atoms with E-state index in [4.69, 9.17) is 17.3 Å². The van der Waals surface area contributed by atoms with Crippen LogP contribution in [0.25, 0.3) is 0 Å². The molecular weight excluding hydrogens is 128 g/mol. The summed E-state index contributed by atoms with van der Waals surface area (Å²) >= 11 is 6.47. The molecule has 1 fully saturated rings. The molecule has 1 atom stereocenters. The second-order valence-corrected chi connectivity index (χ2v) is 3.05. The average molecular weight is 134 g/mol. The van der Waals surface area contributed by atoms with Crippen molar-refractivity contribution in [2.45, 2.75) is 6.10 Å². The lowest BCUT2D eigenvalue weighted by molar-refractivity contribution is 0.271. The summed E-state index contributed by atoms with van der Waals surface area (Å²) < 4.78 is 0. The van der Waals surface area contributed by atoms with Crippen LogP contribution in [0.1, 0.15) is 0 Å². The van der Waals surface area contributed by atoms with Gasteiger partial charge in [-0.3, -0.25) is 0 Å². The molecule has 0 aliphatic carbocycles. The largest absolute Gasteiger partial charge is 0.387 e. The first kappa shape index (κ1) is 5.54. The van der Waals surface area contributed by atoms with Crippen LogP contribution in [-0.4, -0.2) is 27.6 Å². The fourth-order valence-electron chi connectivity index (χ4n) is 0.460. The van der Waals surface area contributed by atoms with E-state index < -0.39 is 0 Å². The van der Waals surface area contributed by atoms with E-state index in [-0.39, 0.29) is 6.10 Å². The van der Waals surface area contributed by atoms with E-state index in [1.807, 2.05) is 0 Å². The predicted molar refractivity (Wildman–Crippen MR) is 35.9 cm³/mol. The zero-order valence-corrected chi connectivity index (χ0v) is 5.39. The molecule has 3 heteroatoms. The number of hydrogen-bond donors (Lipinski definition) is 1. The first-order chi connectivity index (χ1) is 3.30. The fourth-order valence-corrected chi connectivity index (χ4v) is 1.83. The minimum absolute atomic E-state index is 0.292. The van der Waals surface area contributed by atoms with Crippen LogP contribution in [0.2, 0.25) is 0 Å². The van der Waals surface area contributed by atoms with Crippen LogP contribution in [0.3, 0.4) is 0 Å². The molecule has 1 aliphatic rings. The van der Waals surface area contributed by atoms with Gasteiger partial charge < -0.3 is 5.11 Å². The second kappa shape index (κ2) is 2.11. The van der Waals surface area contributed by atoms with Crippen LogP contribution in [0.15, 0.2) is 0 Å². The Hall–Kier alpha value is 0.400. The molecule has 0 amide bonds. The molecule has 7 heavy (non-hydrogen) atoms. The summed E-state index contributed by atoms with van der Waals surface area (Å²) in [5.74, 6) is 1.68. The lowest BCUT2D eigenvalue weighted by atomic mass is 10.3. The third kappa shape index (κ3) is 1.15. The van der Waals surface area contributed by atoms with Gasteiger partial charge in [0, 0.05) is 16.4 Å². The highest BCUT2D eigenvalue weighted by Gasteiger charge is 2.17. The average Bonchev–Trinajstić information content (AvgIpc) is 1.91. The Labute approximate surface area is 52.1 Å². The Morgan fingerprint density at radius 3 is 2.71 bits per heavy atom. The number of thiocarbonyl (C=S) groups is 1. The van der Waals surface area contributed by atoms with Crippen molar-refractivity contribution in [3.63, 3.8) is 0 Å². The molecule has 0 aromatic heterocycles. The molecule has 0 aromatic rings. The Morgan fingerprint density at radius 1 is 1.86 bits per heavy atom. The number of aliphatic hydroxyl groups excluding tert-OH is 1. The predicted octanol–water partition coefficient (Wildman–Crippen LogP) is 0.464. The summed E-state index contributed by atoms with van der Waals surface area (Å²) in [7, 11) is 0. The van der Waals surface area contributed by atoms with Gasteiger partial charge in [-0.15, -0.1) is 0 Å². The summed E-state index contributed by atoms with van der Waals surface area (Å²) in [6.07, 6.45) is -0.292. The van der Waals surface area contributed by atoms with Crippen LogP contribution in [0.4, 0.5) is 0 Å². The van der Waals surface area contributed by atoms with Crippen LogP contribution >= 0.6 is 24.0 Å². The molecule has 1 saturated heterocycles. The van der Waals surface area contributed by atoms with Crippen LogP contribution in [0, 0.1) is 0 Å². The standard InChI is InChI=1S/C4H6OS2/c5-3-1-7-2-4(3)6/h3,5H,1-2H2. The minimum Gasteiger partial charge on any atom is -0.387 e. The summed E-state index contributed by atoms with van der Waals surface area (Å²) in [5, 5.41) is 8.84. The molecule has 0 bridgehead atoms. The molecule has 1 nitrogen and oxygen atoms in total. The quantitative estimate of drug-likeness (QED) is 0.486. The monoisotopic (exact) mass is 134 g/mol. The van der Waals surface area contributed by atoms with Crippen molar-refractivity contribution in [3.05, 3.63) is 0 Å². The van der Waals surface area contributed by atoms with Crippen LogP contribution < -0.4 is 0 Å². The van der Waals surface area contributed by atoms with Crippen LogP contribution in [-0.2, 0) is 0 Å². The molecule has 1 unspecified atom stereocenters. The second-order valence-electron chi connectivity index (χ2n) is 1.50. The number of aliphatic hydroxyl groups is 1. The Bertz CT molecular complexity index is 91.7. The van der Waals surface area contributed by atoms with Gasteiger partial charge in [-0.25, -0.2) is 0 Å². The zero-order valence-electron chi connectivity index (χ0n) is 3.76. The van der Waals surface area contributed by atoms with Crippen molar-refractivity contribution in [2.75, 3.05) is 11.5 Å². The summed E-state index contributed by atoms with van der Waals surface area (Å²) in [6.45, 7) is 0. The van der Waals surface area contributed by atoms with Crippen molar-refractivity contribution in [1.29, 1.82) is 0 Å². The molecular formula is C4H6OS2. The summed E-state index contributed by atoms with van der Waals surface area (Å²) in [4.78, 5) is 0.810. The van der Waals surface area contributed by atoms with E-state index in [9.17, 15) is 0 Å². The Kier molecular flexibility index (Phi) is 1.67. The maximum atomic E-state index is 8.84. The maximum Gasteiger partial charge on any atom is 0.0950 e. The minimum atomic E-state index is -0.292. The van der Waals surface area contributed by atoms with Crippen molar-refractivity contribution in [3.8, 4) is 0 Å². The first-order valence-corrected chi connectivity index (χ1v) is 3.65. The van der Waals surface area contributed by atoms with Gasteiger partial charge in [0.2, 0.25) is 0 Å². The number of hydrogen-bond acceptors (Lipinski definition) is 3. The van der Waals surface area contributed by atoms with Gasteiger partial charge in [-0.2, -0.15) is 11.8 Å². The molecule has 0 spiro atoms. The maximum absolute atomic E-state index is 8.84. The van der Waals surface area contributed by atoms with E-state index >= 15 is 0 Å². The highest BCUT2D eigenvalue weighted by molar-refractivity contribution is 8.02. The first-order valence-electron chi connectivity index (χ1n) is 2.09. The number of rotatable bonds is 0. The van der Waals surface area contributed by atoms with E-state index in [0.29, 0.717) is 0 Å². The van der Waals surface area contributed by atoms with Crippen molar-refractivity contribution < 1.29 is 5.11 Å². The third-order valence-corrected chi connectivity index (χ3v) is 2.56. The van der Waals surface area contributed by atoms with Gasteiger partial charge >= 0.3 is 0 Å². The summed E-state index contributed by atoms with van der Waals surface area (Å²) in [6, 6.07) is 0. The molecule has 0 saturated carbocycles. The van der Waals surface area contributed by atoms with Crippen molar-refractivity contribution >= 4 is 28.8 Å². The van der Waals surface area contributed by atoms with Gasteiger partial charge in [0.15, 0.2) is 0 Å². The molecule has 0 radical (unpaired) electrons. The molecule has 1 aliphatic heterocycles. The molecule has 1 rings (SSSR count). The fraction of sp³-hybridized carbons (Fsp3) is 0.750. The molecule has 1 N–H and O–H groups in total. The van der Waals surface area contributed by atoms with Crippen molar-refractivity contribution in [1.82, 2.24) is 0 Å². The van der Waals surface area contributed by atoms with Gasteiger partial charge in [-0.1, -0.05) is 12.2 Å². The topological polar surface area (TPSA) is 20.2 Å². The van der Waals surface area contributed by atoms with Gasteiger partial charge in [0.25, 0.3) is 0 Å². The zero-order chi connectivity index (χ0) is 5.28. The van der Waals surface area contributed by atoms with Gasteiger partial charge in [0.1, 0.15) is 0 Å². The highest BCUT2D eigenvalue weighted by atomic mass is 32.2. The van der Waals surface area contributed by atoms with E-state index in [1.54, 1.807) is 11.8 Å². The Morgan fingerprint density at radius 2 is 2.57 bits per heavy atom. The third-order valence-electron chi connectivity index (χ3n) is 0.892. The van der Waals surface area contributed by atoms with E-state index in [1.165, 1.54) is 0 Å². The normalized spacial score (nSPS) is 31.6. The Balaban J connectivity index is 2.48. The number of thioether (sulfide) groups is 1. The van der Waals surface area contributed by atoms with Gasteiger partial charge in [0.05, 0.1) is 6.10 Å². The summed E-state index contributed by atoms with van der Waals surface area (Å²) in [5.41, 5.74) is 0. The smallest absolute Gasteiger partial charge is 0.0950 e. The lowest BCUT2D eigenvalue weighted by Crippen LogP contribution is -2.13. The molecule has 1 heterocycles. The van der Waals surface area contributed by atoms with Gasteiger partial charge in [-0.05, 0) is 0 Å². The highest BCUT2D eigenvalue weighted by Crippen LogP contribution is 2.14. The molecule has 40 valence electrons. The van der Waals surface area contributed by atoms with E-state index in [2.05, 4.69) is 0 Å². The SMILES string of the molecule is OC1CSCC1=S. The van der Waals surface area contributed by atoms with Crippen molar-refractivity contribution in [2.24, 2.45) is 0 Å². The van der Waals surface area contributed by atoms with E-state index in [0.717, 1.165) is 16.4 Å².